The number of aromatic nitrogens is 1. The number of likely N-dealkylation sites (N-methyl/N-ethyl adjacent to an activating group) is 1. The summed E-state index contributed by atoms with van der Waals surface area (Å²) in [7, 11) is 1.60. The third-order valence-electron chi connectivity index (χ3n) is 2.20. The number of aliphatic hydroxyl groups is 1. The summed E-state index contributed by atoms with van der Waals surface area (Å²) in [5.41, 5.74) is -0.735. The second-order valence-corrected chi connectivity index (χ2v) is 4.36. The molecule has 1 aromatic rings. The van der Waals surface area contributed by atoms with Crippen LogP contribution < -0.4 is 9.64 Å². The molecule has 0 aliphatic carbocycles. The Morgan fingerprint density at radius 2 is 2.12 bits per heavy atom. The van der Waals surface area contributed by atoms with Gasteiger partial charge in [-0.05, 0) is 26.8 Å². The van der Waals surface area contributed by atoms with Gasteiger partial charge in [0.25, 0.3) is 0 Å². The zero-order valence-corrected chi connectivity index (χ0v) is 10.4. The highest BCUT2D eigenvalue weighted by atomic mass is 16.5. The zero-order chi connectivity index (χ0) is 12.2. The molecule has 0 saturated carbocycles. The number of hydrogen-bond donors (Lipinski definition) is 1. The minimum atomic E-state index is -0.735. The summed E-state index contributed by atoms with van der Waals surface area (Å²) < 4.78 is 5.08. The molecule has 0 bridgehead atoms. The zero-order valence-electron chi connectivity index (χ0n) is 10.4. The first-order chi connectivity index (χ1) is 7.46. The van der Waals surface area contributed by atoms with Crippen LogP contribution in [0.2, 0.25) is 0 Å². The van der Waals surface area contributed by atoms with Crippen LogP contribution in [0.25, 0.3) is 0 Å². The molecule has 1 N–H and O–H groups in total. The van der Waals surface area contributed by atoms with Crippen LogP contribution in [-0.4, -0.2) is 35.9 Å². The number of hydrogen-bond acceptors (Lipinski definition) is 4. The van der Waals surface area contributed by atoms with E-state index in [4.69, 9.17) is 4.74 Å². The number of nitrogens with zero attached hydrogens (tertiary/aromatic N) is 2. The van der Waals surface area contributed by atoms with E-state index in [2.05, 4.69) is 4.98 Å². The fraction of sp³-hybridized carbons (Fsp3) is 0.583. The first kappa shape index (κ1) is 12.8. The highest BCUT2D eigenvalue weighted by Crippen LogP contribution is 2.17. The summed E-state index contributed by atoms with van der Waals surface area (Å²) in [5, 5.41) is 9.81. The van der Waals surface area contributed by atoms with Crippen molar-refractivity contribution in [1.29, 1.82) is 0 Å². The van der Waals surface area contributed by atoms with E-state index in [9.17, 15) is 5.11 Å². The molecule has 0 atom stereocenters. The monoisotopic (exact) mass is 224 g/mol. The van der Waals surface area contributed by atoms with Gasteiger partial charge in [0, 0.05) is 19.2 Å². The maximum atomic E-state index is 9.81. The molecule has 1 heterocycles. The Kier molecular flexibility index (Phi) is 4.12. The van der Waals surface area contributed by atoms with Crippen LogP contribution in [0.4, 0.5) is 5.82 Å². The molecule has 4 nitrogen and oxygen atoms in total. The highest BCUT2D eigenvalue weighted by Gasteiger charge is 2.18. The van der Waals surface area contributed by atoms with Gasteiger partial charge in [-0.3, -0.25) is 0 Å². The first-order valence-corrected chi connectivity index (χ1v) is 5.44. The van der Waals surface area contributed by atoms with E-state index in [1.807, 2.05) is 24.0 Å². The fourth-order valence-electron chi connectivity index (χ4n) is 1.52. The fourth-order valence-corrected chi connectivity index (χ4v) is 1.52. The maximum Gasteiger partial charge on any atom is 0.214 e. The van der Waals surface area contributed by atoms with Crippen molar-refractivity contribution in [2.24, 2.45) is 0 Å². The smallest absolute Gasteiger partial charge is 0.214 e. The summed E-state index contributed by atoms with van der Waals surface area (Å²) in [4.78, 5) is 6.36. The number of rotatable bonds is 5. The van der Waals surface area contributed by atoms with Gasteiger partial charge >= 0.3 is 0 Å². The molecule has 4 heteroatoms. The van der Waals surface area contributed by atoms with Crippen LogP contribution in [0.3, 0.4) is 0 Å². The molecule has 0 unspecified atom stereocenters. The Morgan fingerprint density at radius 3 is 2.62 bits per heavy atom. The topological polar surface area (TPSA) is 45.6 Å². The van der Waals surface area contributed by atoms with Crippen LogP contribution in [0.1, 0.15) is 20.8 Å². The van der Waals surface area contributed by atoms with Gasteiger partial charge in [0.05, 0.1) is 12.7 Å². The quantitative estimate of drug-likeness (QED) is 0.826. The Morgan fingerprint density at radius 1 is 1.44 bits per heavy atom. The highest BCUT2D eigenvalue weighted by molar-refractivity contribution is 5.40. The first-order valence-electron chi connectivity index (χ1n) is 5.44. The van der Waals surface area contributed by atoms with Crippen molar-refractivity contribution in [2.75, 3.05) is 25.1 Å². The second kappa shape index (κ2) is 5.16. The van der Waals surface area contributed by atoms with E-state index in [1.165, 1.54) is 0 Å². The van der Waals surface area contributed by atoms with Crippen LogP contribution in [0, 0.1) is 0 Å². The van der Waals surface area contributed by atoms with Gasteiger partial charge in [-0.2, -0.15) is 4.98 Å². The Balaban J connectivity index is 2.86. The molecule has 0 radical (unpaired) electrons. The summed E-state index contributed by atoms with van der Waals surface area (Å²) in [6.45, 7) is 6.95. The Labute approximate surface area is 96.9 Å². The van der Waals surface area contributed by atoms with E-state index >= 15 is 0 Å². The standard InChI is InChI=1S/C12H20N2O2/c1-5-14(9-12(2,3)15)10-7-6-8-11(13-10)16-4/h6-8,15H,5,9H2,1-4H3. The van der Waals surface area contributed by atoms with Gasteiger partial charge in [-0.1, -0.05) is 6.07 Å². The number of ether oxygens (including phenoxy) is 1. The van der Waals surface area contributed by atoms with Crippen molar-refractivity contribution in [3.63, 3.8) is 0 Å². The van der Waals surface area contributed by atoms with Crippen molar-refractivity contribution in [3.05, 3.63) is 18.2 Å². The lowest BCUT2D eigenvalue weighted by atomic mass is 10.1. The van der Waals surface area contributed by atoms with Crippen molar-refractivity contribution < 1.29 is 9.84 Å². The average Bonchev–Trinajstić information content (AvgIpc) is 2.25. The third kappa shape index (κ3) is 3.70. The predicted octanol–water partition coefficient (Wildman–Crippen LogP) is 1.69. The summed E-state index contributed by atoms with van der Waals surface area (Å²) in [5.74, 6) is 1.41. The number of anilines is 1. The minimum Gasteiger partial charge on any atom is -0.481 e. The molecule has 0 aliphatic rings. The van der Waals surface area contributed by atoms with Gasteiger partial charge in [0.2, 0.25) is 5.88 Å². The molecule has 0 saturated heterocycles. The van der Waals surface area contributed by atoms with Crippen LogP contribution in [-0.2, 0) is 0 Å². The summed E-state index contributed by atoms with van der Waals surface area (Å²) in [6.07, 6.45) is 0. The van der Waals surface area contributed by atoms with Crippen molar-refractivity contribution >= 4 is 5.82 Å². The van der Waals surface area contributed by atoms with E-state index in [0.29, 0.717) is 12.4 Å². The van der Waals surface area contributed by atoms with Crippen LogP contribution in [0.15, 0.2) is 18.2 Å². The van der Waals surface area contributed by atoms with E-state index in [-0.39, 0.29) is 0 Å². The van der Waals surface area contributed by atoms with Crippen molar-refractivity contribution in [3.8, 4) is 5.88 Å². The second-order valence-electron chi connectivity index (χ2n) is 4.36. The molecule has 0 fully saturated rings. The Hall–Kier alpha value is -1.29. The van der Waals surface area contributed by atoms with Gasteiger partial charge in [0.1, 0.15) is 5.82 Å². The van der Waals surface area contributed by atoms with Gasteiger partial charge in [-0.25, -0.2) is 0 Å². The van der Waals surface area contributed by atoms with Gasteiger partial charge in [0.15, 0.2) is 0 Å². The Bertz CT molecular complexity index is 334. The molecule has 1 rings (SSSR count). The molecule has 0 aromatic carbocycles. The molecule has 0 amide bonds. The minimum absolute atomic E-state index is 0.545. The van der Waals surface area contributed by atoms with E-state index in [0.717, 1.165) is 12.4 Å². The summed E-state index contributed by atoms with van der Waals surface area (Å²) in [6, 6.07) is 5.62. The van der Waals surface area contributed by atoms with E-state index in [1.54, 1.807) is 27.0 Å². The predicted molar refractivity (Wildman–Crippen MR) is 65.0 cm³/mol. The van der Waals surface area contributed by atoms with Gasteiger partial charge < -0.3 is 14.7 Å². The third-order valence-corrected chi connectivity index (χ3v) is 2.20. The molecule has 90 valence electrons. The summed E-state index contributed by atoms with van der Waals surface area (Å²) >= 11 is 0. The molecule has 0 aliphatic heterocycles. The van der Waals surface area contributed by atoms with Gasteiger partial charge in [-0.15, -0.1) is 0 Å². The lowest BCUT2D eigenvalue weighted by Gasteiger charge is -2.29. The molecule has 0 spiro atoms. The molecular weight excluding hydrogens is 204 g/mol. The normalized spacial score (nSPS) is 11.3. The molecule has 1 aromatic heterocycles. The lowest BCUT2D eigenvalue weighted by Crippen LogP contribution is -2.39. The maximum absolute atomic E-state index is 9.81. The van der Waals surface area contributed by atoms with Crippen LogP contribution in [0.5, 0.6) is 5.88 Å². The molecular formula is C12H20N2O2. The largest absolute Gasteiger partial charge is 0.481 e. The van der Waals surface area contributed by atoms with Crippen molar-refractivity contribution in [2.45, 2.75) is 26.4 Å². The molecule has 16 heavy (non-hydrogen) atoms. The van der Waals surface area contributed by atoms with E-state index < -0.39 is 5.60 Å². The number of pyridine rings is 1. The SMILES string of the molecule is CCN(CC(C)(C)O)c1cccc(OC)n1. The van der Waals surface area contributed by atoms with Crippen LogP contribution >= 0.6 is 0 Å². The average molecular weight is 224 g/mol. The number of methoxy groups -OCH3 is 1. The lowest BCUT2D eigenvalue weighted by molar-refractivity contribution is 0.0874. The van der Waals surface area contributed by atoms with Crippen molar-refractivity contribution in [1.82, 2.24) is 4.98 Å².